The summed E-state index contributed by atoms with van der Waals surface area (Å²) in [6.07, 6.45) is 0. The molecule has 0 spiro atoms. The van der Waals surface area contributed by atoms with Crippen molar-refractivity contribution in [2.24, 2.45) is 0 Å². The van der Waals surface area contributed by atoms with E-state index in [1.165, 1.54) is 20.9 Å². The van der Waals surface area contributed by atoms with Gasteiger partial charge in [0.2, 0.25) is 0 Å². The predicted molar refractivity (Wildman–Crippen MR) is 74.4 cm³/mol. The van der Waals surface area contributed by atoms with Crippen LogP contribution in [0.15, 0.2) is 58.3 Å². The Balaban J connectivity index is 2.23. The molecule has 0 saturated carbocycles. The van der Waals surface area contributed by atoms with Crippen LogP contribution in [0.25, 0.3) is 0 Å². The van der Waals surface area contributed by atoms with Gasteiger partial charge in [-0.25, -0.2) is 0 Å². The second-order valence-corrected chi connectivity index (χ2v) is 5.33. The van der Waals surface area contributed by atoms with Gasteiger partial charge in [-0.2, -0.15) is 0 Å². The minimum absolute atomic E-state index is 0.905. The summed E-state index contributed by atoms with van der Waals surface area (Å²) in [5.41, 5.74) is 2.64. The van der Waals surface area contributed by atoms with Gasteiger partial charge in [-0.3, -0.25) is 0 Å². The fourth-order valence-corrected chi connectivity index (χ4v) is 3.07. The molecule has 0 aliphatic carbocycles. The summed E-state index contributed by atoms with van der Waals surface area (Å²) < 4.78 is 0. The molecule has 16 heavy (non-hydrogen) atoms. The molecule has 0 fully saturated rings. The molecular formula is C14H13BrS. The lowest BCUT2D eigenvalue weighted by Crippen LogP contribution is -1.82. The molecular weight excluding hydrogens is 280 g/mol. The average molecular weight is 293 g/mol. The molecule has 0 saturated heterocycles. The van der Waals surface area contributed by atoms with Gasteiger partial charge < -0.3 is 0 Å². The Morgan fingerprint density at radius 1 is 1.00 bits per heavy atom. The second-order valence-electron chi connectivity index (χ2n) is 3.66. The van der Waals surface area contributed by atoms with Gasteiger partial charge in [-0.1, -0.05) is 63.6 Å². The summed E-state index contributed by atoms with van der Waals surface area (Å²) in [6, 6.07) is 17.1. The molecule has 0 bridgehead atoms. The Labute approximate surface area is 109 Å². The van der Waals surface area contributed by atoms with Crippen molar-refractivity contribution in [2.75, 3.05) is 0 Å². The highest BCUT2D eigenvalue weighted by molar-refractivity contribution is 9.08. The Bertz CT molecular complexity index is 462. The second kappa shape index (κ2) is 5.55. The minimum atomic E-state index is 0.905. The smallest absolute Gasteiger partial charge is 0.0294 e. The fourth-order valence-electron chi connectivity index (χ4n) is 1.45. The zero-order valence-corrected chi connectivity index (χ0v) is 11.5. The Morgan fingerprint density at radius 2 is 1.69 bits per heavy atom. The van der Waals surface area contributed by atoms with Crippen LogP contribution in [0.1, 0.15) is 11.1 Å². The van der Waals surface area contributed by atoms with E-state index in [-0.39, 0.29) is 0 Å². The van der Waals surface area contributed by atoms with Crippen molar-refractivity contribution < 1.29 is 0 Å². The average Bonchev–Trinajstić information content (AvgIpc) is 2.33. The summed E-state index contributed by atoms with van der Waals surface area (Å²) in [5, 5.41) is 0.905. The summed E-state index contributed by atoms with van der Waals surface area (Å²) >= 11 is 5.34. The SMILES string of the molecule is Cc1ccc(Sc2ccccc2CBr)cc1. The molecule has 82 valence electrons. The molecule has 2 aromatic rings. The lowest BCUT2D eigenvalue weighted by Gasteiger charge is -2.06. The van der Waals surface area contributed by atoms with Crippen molar-refractivity contribution in [3.63, 3.8) is 0 Å². The number of hydrogen-bond donors (Lipinski definition) is 0. The predicted octanol–water partition coefficient (Wildman–Crippen LogP) is 5.04. The molecule has 0 unspecified atom stereocenters. The van der Waals surface area contributed by atoms with Crippen molar-refractivity contribution in [3.05, 3.63) is 59.7 Å². The van der Waals surface area contributed by atoms with Gasteiger partial charge >= 0.3 is 0 Å². The number of aryl methyl sites for hydroxylation is 1. The van der Waals surface area contributed by atoms with E-state index in [1.54, 1.807) is 0 Å². The number of rotatable bonds is 3. The first-order valence-corrected chi connectivity index (χ1v) is 7.12. The Kier molecular flexibility index (Phi) is 4.08. The highest BCUT2D eigenvalue weighted by Gasteiger charge is 2.02. The molecule has 0 aliphatic rings. The minimum Gasteiger partial charge on any atom is -0.0898 e. The van der Waals surface area contributed by atoms with Crippen molar-refractivity contribution in [2.45, 2.75) is 22.0 Å². The summed E-state index contributed by atoms with van der Waals surface area (Å²) in [6.45, 7) is 2.11. The van der Waals surface area contributed by atoms with E-state index in [1.807, 2.05) is 11.8 Å². The topological polar surface area (TPSA) is 0 Å². The molecule has 0 N–H and O–H groups in total. The van der Waals surface area contributed by atoms with Crippen molar-refractivity contribution in [1.29, 1.82) is 0 Å². The monoisotopic (exact) mass is 292 g/mol. The summed E-state index contributed by atoms with van der Waals surface area (Å²) in [5.74, 6) is 0. The molecule has 2 rings (SSSR count). The first kappa shape index (κ1) is 11.7. The number of benzene rings is 2. The van der Waals surface area contributed by atoms with Crippen LogP contribution in [-0.4, -0.2) is 0 Å². The largest absolute Gasteiger partial charge is 0.0898 e. The highest BCUT2D eigenvalue weighted by Crippen LogP contribution is 2.31. The van der Waals surface area contributed by atoms with E-state index < -0.39 is 0 Å². The van der Waals surface area contributed by atoms with Crippen LogP contribution in [-0.2, 0) is 5.33 Å². The summed E-state index contributed by atoms with van der Waals surface area (Å²) in [7, 11) is 0. The zero-order chi connectivity index (χ0) is 11.4. The van der Waals surface area contributed by atoms with E-state index in [9.17, 15) is 0 Å². The number of alkyl halides is 1. The maximum absolute atomic E-state index is 3.52. The van der Waals surface area contributed by atoms with Crippen molar-refractivity contribution in [1.82, 2.24) is 0 Å². The first-order chi connectivity index (χ1) is 7.79. The fraction of sp³-hybridized carbons (Fsp3) is 0.143. The van der Waals surface area contributed by atoms with Gasteiger partial charge in [-0.05, 0) is 30.7 Å². The van der Waals surface area contributed by atoms with E-state index in [0.29, 0.717) is 0 Å². The molecule has 0 amide bonds. The third-order valence-corrected chi connectivity index (χ3v) is 4.10. The summed E-state index contributed by atoms with van der Waals surface area (Å²) in [4.78, 5) is 2.61. The normalized spacial score (nSPS) is 10.4. The zero-order valence-electron chi connectivity index (χ0n) is 9.11. The maximum Gasteiger partial charge on any atom is 0.0294 e. The lowest BCUT2D eigenvalue weighted by atomic mass is 10.2. The molecule has 0 nitrogen and oxygen atoms in total. The van der Waals surface area contributed by atoms with E-state index in [4.69, 9.17) is 0 Å². The van der Waals surface area contributed by atoms with Crippen LogP contribution in [0.3, 0.4) is 0 Å². The molecule has 0 aliphatic heterocycles. The van der Waals surface area contributed by atoms with Gasteiger partial charge in [0.25, 0.3) is 0 Å². The number of hydrogen-bond acceptors (Lipinski definition) is 1. The molecule has 0 atom stereocenters. The first-order valence-electron chi connectivity index (χ1n) is 5.18. The van der Waals surface area contributed by atoms with Gasteiger partial charge in [-0.15, -0.1) is 0 Å². The van der Waals surface area contributed by atoms with Gasteiger partial charge in [0.15, 0.2) is 0 Å². The maximum atomic E-state index is 3.52. The quantitative estimate of drug-likeness (QED) is 0.714. The van der Waals surface area contributed by atoms with Gasteiger partial charge in [0.1, 0.15) is 0 Å². The lowest BCUT2D eigenvalue weighted by molar-refractivity contribution is 1.27. The third kappa shape index (κ3) is 2.89. The van der Waals surface area contributed by atoms with Crippen LogP contribution in [0.5, 0.6) is 0 Å². The van der Waals surface area contributed by atoms with E-state index in [0.717, 1.165) is 5.33 Å². The van der Waals surface area contributed by atoms with Crippen LogP contribution < -0.4 is 0 Å². The molecule has 0 aromatic heterocycles. The molecule has 2 heteroatoms. The van der Waals surface area contributed by atoms with Crippen molar-refractivity contribution in [3.8, 4) is 0 Å². The molecule has 2 aromatic carbocycles. The van der Waals surface area contributed by atoms with Crippen LogP contribution in [0, 0.1) is 6.92 Å². The van der Waals surface area contributed by atoms with Crippen LogP contribution in [0.4, 0.5) is 0 Å². The van der Waals surface area contributed by atoms with E-state index in [2.05, 4.69) is 71.4 Å². The van der Waals surface area contributed by atoms with Crippen molar-refractivity contribution >= 4 is 27.7 Å². The highest BCUT2D eigenvalue weighted by atomic mass is 79.9. The van der Waals surface area contributed by atoms with Crippen LogP contribution in [0.2, 0.25) is 0 Å². The standard InChI is InChI=1S/C14H13BrS/c1-11-6-8-13(9-7-11)16-14-5-3-2-4-12(14)10-15/h2-9H,10H2,1H3. The Morgan fingerprint density at radius 3 is 2.38 bits per heavy atom. The molecule has 0 heterocycles. The third-order valence-electron chi connectivity index (χ3n) is 2.37. The van der Waals surface area contributed by atoms with Gasteiger partial charge in [0, 0.05) is 15.1 Å². The van der Waals surface area contributed by atoms with E-state index >= 15 is 0 Å². The number of halogens is 1. The van der Waals surface area contributed by atoms with Crippen LogP contribution >= 0.6 is 27.7 Å². The van der Waals surface area contributed by atoms with Gasteiger partial charge in [0.05, 0.1) is 0 Å². The molecule has 0 radical (unpaired) electrons. The Hall–Kier alpha value is -0.730.